The number of benzene rings is 5. The Bertz CT molecular complexity index is 2370. The first-order valence-corrected chi connectivity index (χ1v) is 16.1. The lowest BCUT2D eigenvalue weighted by Crippen LogP contribution is -2.61. The summed E-state index contributed by atoms with van der Waals surface area (Å²) in [7, 11) is 0. The van der Waals surface area contributed by atoms with E-state index in [2.05, 4.69) is 160 Å². The maximum atomic E-state index is 7.03. The van der Waals surface area contributed by atoms with Gasteiger partial charge < -0.3 is 18.6 Å². The van der Waals surface area contributed by atoms with Crippen LogP contribution < -0.4 is 9.47 Å². The molecule has 1 atom stereocenters. The Kier molecular flexibility index (Phi) is 5.27. The fraction of sp³-hybridized carbons (Fsp3) is 0.190. The minimum Gasteiger partial charge on any atom is -0.450 e. The molecule has 0 saturated carbocycles. The molecule has 0 amide bonds. The molecule has 4 heterocycles. The summed E-state index contributed by atoms with van der Waals surface area (Å²) in [5.74, 6) is 0.806. The summed E-state index contributed by atoms with van der Waals surface area (Å²) in [4.78, 5) is 0. The number of nitrogens with zero attached hydrogens (tertiary/aromatic N) is 2. The standard InChI is InChI=1S/C42H36N2O2/c1-7-34-26(2)29-14-8-11-17-35(29)43(34)27-20-22-38-32(24-27)40(3,4)42(45-38)41(5,6)33-25-28(21-23-39(33)46-42)44-36-18-12-9-15-30(36)31-16-10-13-19-37(31)44/h7-25H,1H2,2-6H3. The SMILES string of the molecule is C=Cc1c(C)c2ccccc2n1-c1ccc2c(c1)C(C)(C)C1(O2)Oc2ccc(-n3c4ccccc4c4ccccc43)cc2C1(C)C. The Labute approximate surface area is 269 Å². The van der Waals surface area contributed by atoms with E-state index in [1.807, 2.05) is 6.08 Å². The van der Waals surface area contributed by atoms with Crippen LogP contribution in [-0.4, -0.2) is 14.9 Å². The van der Waals surface area contributed by atoms with Crippen LogP contribution in [0.25, 0.3) is 50.2 Å². The van der Waals surface area contributed by atoms with Gasteiger partial charge in [0.05, 0.1) is 27.4 Å². The molecule has 1 unspecified atom stereocenters. The zero-order valence-electron chi connectivity index (χ0n) is 26.9. The molecule has 2 aliphatic rings. The minimum atomic E-state index is -0.932. The third-order valence-electron chi connectivity index (χ3n) is 10.9. The summed E-state index contributed by atoms with van der Waals surface area (Å²) in [6.07, 6.45) is 1.96. The van der Waals surface area contributed by atoms with Crippen LogP contribution in [0.1, 0.15) is 50.1 Å². The molecule has 0 saturated heterocycles. The summed E-state index contributed by atoms with van der Waals surface area (Å²) in [5, 5.41) is 3.74. The van der Waals surface area contributed by atoms with E-state index in [-0.39, 0.29) is 0 Å². The van der Waals surface area contributed by atoms with Crippen LogP contribution >= 0.6 is 0 Å². The van der Waals surface area contributed by atoms with Crippen LogP contribution in [0.4, 0.5) is 0 Å². The lowest BCUT2D eigenvalue weighted by atomic mass is 9.65. The van der Waals surface area contributed by atoms with Gasteiger partial charge in [-0.1, -0.05) is 61.2 Å². The number of aryl methyl sites for hydroxylation is 1. The molecule has 0 radical (unpaired) electrons. The van der Waals surface area contributed by atoms with Crippen molar-refractivity contribution in [1.29, 1.82) is 0 Å². The normalized spacial score (nSPS) is 19.0. The molecule has 2 aliphatic heterocycles. The lowest BCUT2D eigenvalue weighted by molar-refractivity contribution is -0.169. The van der Waals surface area contributed by atoms with E-state index in [4.69, 9.17) is 9.47 Å². The van der Waals surface area contributed by atoms with Gasteiger partial charge in [-0.3, -0.25) is 0 Å². The van der Waals surface area contributed by atoms with Crippen molar-refractivity contribution in [1.82, 2.24) is 9.13 Å². The quantitative estimate of drug-likeness (QED) is 0.202. The summed E-state index contributed by atoms with van der Waals surface area (Å²) in [6, 6.07) is 39.0. The summed E-state index contributed by atoms with van der Waals surface area (Å²) in [5.41, 5.74) is 9.45. The van der Waals surface area contributed by atoms with E-state index in [9.17, 15) is 0 Å². The van der Waals surface area contributed by atoms with Crippen LogP contribution in [0.3, 0.4) is 0 Å². The van der Waals surface area contributed by atoms with Crippen molar-refractivity contribution in [2.24, 2.45) is 0 Å². The summed E-state index contributed by atoms with van der Waals surface area (Å²) in [6.45, 7) is 15.4. The molecule has 5 aromatic carbocycles. The molecule has 4 nitrogen and oxygen atoms in total. The number of hydrogen-bond donors (Lipinski definition) is 0. The number of para-hydroxylation sites is 3. The minimum absolute atomic E-state index is 0.469. The predicted octanol–water partition coefficient (Wildman–Crippen LogP) is 10.4. The maximum Gasteiger partial charge on any atom is 0.269 e. The average molecular weight is 601 g/mol. The molecule has 0 fully saturated rings. The Morgan fingerprint density at radius 1 is 0.565 bits per heavy atom. The fourth-order valence-corrected chi connectivity index (χ4v) is 8.59. The monoisotopic (exact) mass is 600 g/mol. The molecule has 0 bridgehead atoms. The molecule has 46 heavy (non-hydrogen) atoms. The molecule has 0 aliphatic carbocycles. The zero-order chi connectivity index (χ0) is 31.6. The largest absolute Gasteiger partial charge is 0.450 e. The summed E-state index contributed by atoms with van der Waals surface area (Å²) >= 11 is 0. The molecule has 9 rings (SSSR count). The van der Waals surface area contributed by atoms with E-state index in [1.165, 1.54) is 38.3 Å². The molecule has 2 aromatic heterocycles. The van der Waals surface area contributed by atoms with E-state index < -0.39 is 16.6 Å². The van der Waals surface area contributed by atoms with E-state index in [0.717, 1.165) is 39.7 Å². The molecule has 1 spiro atoms. The second kappa shape index (κ2) is 8.95. The lowest BCUT2D eigenvalue weighted by Gasteiger charge is -2.44. The van der Waals surface area contributed by atoms with E-state index in [0.29, 0.717) is 0 Å². The number of aromatic nitrogens is 2. The number of ether oxygens (including phenoxy) is 2. The van der Waals surface area contributed by atoms with Crippen LogP contribution in [0.2, 0.25) is 0 Å². The first-order valence-electron chi connectivity index (χ1n) is 16.1. The topological polar surface area (TPSA) is 28.3 Å². The van der Waals surface area contributed by atoms with Gasteiger partial charge in [-0.2, -0.15) is 0 Å². The third-order valence-corrected chi connectivity index (χ3v) is 10.9. The molecular formula is C42H36N2O2. The highest BCUT2D eigenvalue weighted by Gasteiger charge is 2.69. The Morgan fingerprint density at radius 3 is 1.50 bits per heavy atom. The fourth-order valence-electron chi connectivity index (χ4n) is 8.59. The summed E-state index contributed by atoms with van der Waals surface area (Å²) < 4.78 is 18.7. The van der Waals surface area contributed by atoms with Gasteiger partial charge in [0.1, 0.15) is 11.5 Å². The van der Waals surface area contributed by atoms with E-state index >= 15 is 0 Å². The smallest absolute Gasteiger partial charge is 0.269 e. The van der Waals surface area contributed by atoms with Crippen LogP contribution in [0.5, 0.6) is 11.5 Å². The third kappa shape index (κ3) is 3.19. The maximum absolute atomic E-state index is 7.03. The highest BCUT2D eigenvalue weighted by Crippen LogP contribution is 2.62. The van der Waals surface area contributed by atoms with Crippen molar-refractivity contribution in [3.8, 4) is 22.9 Å². The van der Waals surface area contributed by atoms with Crippen LogP contribution in [-0.2, 0) is 10.8 Å². The Hall–Kier alpha value is -5.22. The molecule has 226 valence electrons. The van der Waals surface area contributed by atoms with Crippen molar-refractivity contribution in [3.05, 3.63) is 138 Å². The number of hydrogen-bond acceptors (Lipinski definition) is 2. The molecular weight excluding hydrogens is 564 g/mol. The predicted molar refractivity (Wildman–Crippen MR) is 189 cm³/mol. The second-order valence-electron chi connectivity index (χ2n) is 13.9. The van der Waals surface area contributed by atoms with Crippen molar-refractivity contribution in [2.75, 3.05) is 0 Å². The highest BCUT2D eigenvalue weighted by molar-refractivity contribution is 6.09. The van der Waals surface area contributed by atoms with Gasteiger partial charge in [-0.15, -0.1) is 0 Å². The first-order chi connectivity index (χ1) is 22.2. The Balaban J connectivity index is 1.18. The van der Waals surface area contributed by atoms with Gasteiger partial charge in [-0.25, -0.2) is 0 Å². The van der Waals surface area contributed by atoms with Gasteiger partial charge in [0.15, 0.2) is 0 Å². The van der Waals surface area contributed by atoms with Crippen LogP contribution in [0.15, 0.2) is 116 Å². The number of rotatable bonds is 3. The van der Waals surface area contributed by atoms with Crippen molar-refractivity contribution >= 4 is 38.8 Å². The second-order valence-corrected chi connectivity index (χ2v) is 13.9. The highest BCUT2D eigenvalue weighted by atomic mass is 16.7. The Morgan fingerprint density at radius 2 is 1.00 bits per heavy atom. The number of fused-ring (bicyclic) bond motifs is 6. The van der Waals surface area contributed by atoms with Gasteiger partial charge in [0.25, 0.3) is 5.79 Å². The van der Waals surface area contributed by atoms with Gasteiger partial charge in [0.2, 0.25) is 0 Å². The van der Waals surface area contributed by atoms with E-state index in [1.54, 1.807) is 0 Å². The van der Waals surface area contributed by atoms with Gasteiger partial charge in [-0.05, 0) is 101 Å². The molecule has 0 N–H and O–H groups in total. The van der Waals surface area contributed by atoms with Crippen molar-refractivity contribution in [3.63, 3.8) is 0 Å². The first kappa shape index (κ1) is 27.1. The molecule has 7 aromatic rings. The van der Waals surface area contributed by atoms with Crippen molar-refractivity contribution < 1.29 is 9.47 Å². The molecule has 4 heteroatoms. The van der Waals surface area contributed by atoms with Crippen molar-refractivity contribution in [2.45, 2.75) is 51.2 Å². The van der Waals surface area contributed by atoms with Gasteiger partial charge >= 0.3 is 0 Å². The zero-order valence-corrected chi connectivity index (χ0v) is 26.9. The van der Waals surface area contributed by atoms with Crippen LogP contribution in [0, 0.1) is 6.92 Å². The van der Waals surface area contributed by atoms with Gasteiger partial charge in [0, 0.05) is 44.4 Å². The average Bonchev–Trinajstić information content (AvgIpc) is 3.70.